The second kappa shape index (κ2) is 12.6. The second-order valence-corrected chi connectivity index (χ2v) is 13.5. The van der Waals surface area contributed by atoms with Crippen LogP contribution < -0.4 is 10.6 Å². The molecule has 2 aliphatic heterocycles. The summed E-state index contributed by atoms with van der Waals surface area (Å²) in [5.74, 6) is -3.33. The van der Waals surface area contributed by atoms with Gasteiger partial charge in [-0.2, -0.15) is 0 Å². The highest BCUT2D eigenvalue weighted by molar-refractivity contribution is 5.96. The van der Waals surface area contributed by atoms with Crippen LogP contribution in [0.4, 0.5) is 4.79 Å². The van der Waals surface area contributed by atoms with Gasteiger partial charge >= 0.3 is 18.0 Å². The number of aliphatic carboxylic acids is 1. The zero-order valence-corrected chi connectivity index (χ0v) is 25.7. The topological polar surface area (TPSA) is 151 Å². The van der Waals surface area contributed by atoms with Crippen molar-refractivity contribution in [2.45, 2.75) is 108 Å². The molecule has 5 atom stereocenters. The number of nitrogens with one attached hydrogen (secondary N) is 2. The normalized spacial score (nSPS) is 29.3. The van der Waals surface area contributed by atoms with Gasteiger partial charge in [-0.1, -0.05) is 49.3 Å². The molecular weight excluding hydrogens is 566 g/mol. The van der Waals surface area contributed by atoms with E-state index in [0.717, 1.165) is 30.4 Å². The van der Waals surface area contributed by atoms with Crippen LogP contribution in [0.15, 0.2) is 36.4 Å². The van der Waals surface area contributed by atoms with Crippen LogP contribution in [-0.2, 0) is 41.5 Å². The second-order valence-electron chi connectivity index (χ2n) is 13.5. The lowest BCUT2D eigenvalue weighted by molar-refractivity contribution is -0.153. The van der Waals surface area contributed by atoms with Crippen molar-refractivity contribution in [3.8, 4) is 0 Å². The fourth-order valence-corrected chi connectivity index (χ4v) is 6.58. The Hall–Kier alpha value is -3.89. The molecule has 44 heavy (non-hydrogen) atoms. The molecule has 1 saturated heterocycles. The number of fused-ring (bicyclic) bond motifs is 3. The minimum Gasteiger partial charge on any atom is -0.479 e. The summed E-state index contributed by atoms with van der Waals surface area (Å²) in [7, 11) is 0. The van der Waals surface area contributed by atoms with Crippen molar-refractivity contribution < 1.29 is 38.6 Å². The molecule has 2 fully saturated rings. The lowest BCUT2D eigenvalue weighted by Gasteiger charge is -2.30. The third kappa shape index (κ3) is 7.08. The van der Waals surface area contributed by atoms with Crippen LogP contribution in [-0.4, -0.2) is 75.7 Å². The summed E-state index contributed by atoms with van der Waals surface area (Å²) >= 11 is 0. The molecule has 2 aliphatic carbocycles. The molecule has 0 radical (unpaired) electrons. The first kappa shape index (κ1) is 31.5. The summed E-state index contributed by atoms with van der Waals surface area (Å²) in [5, 5.41) is 15.5. The molecule has 4 aliphatic rings. The minimum absolute atomic E-state index is 0.0261. The van der Waals surface area contributed by atoms with Crippen LogP contribution in [0.5, 0.6) is 0 Å². The van der Waals surface area contributed by atoms with Gasteiger partial charge in [-0.15, -0.1) is 0 Å². The van der Waals surface area contributed by atoms with Gasteiger partial charge in [0.25, 0.3) is 0 Å². The first-order valence-corrected chi connectivity index (χ1v) is 15.7. The van der Waals surface area contributed by atoms with E-state index in [4.69, 9.17) is 9.47 Å². The van der Waals surface area contributed by atoms with Gasteiger partial charge in [0.1, 0.15) is 29.3 Å². The number of nitrogens with zero attached hydrogens (tertiary/aromatic N) is 1. The van der Waals surface area contributed by atoms with Crippen LogP contribution in [0.2, 0.25) is 0 Å². The Bertz CT molecular complexity index is 1310. The molecule has 3 N–H and O–H groups in total. The third-order valence-electron chi connectivity index (χ3n) is 8.98. The van der Waals surface area contributed by atoms with E-state index in [9.17, 15) is 29.1 Å². The van der Waals surface area contributed by atoms with Crippen LogP contribution in [0.3, 0.4) is 0 Å². The van der Waals surface area contributed by atoms with Crippen molar-refractivity contribution in [2.24, 2.45) is 11.8 Å². The van der Waals surface area contributed by atoms with Crippen LogP contribution in [0, 0.1) is 11.8 Å². The number of hydrogen-bond donors (Lipinski definition) is 3. The first-order chi connectivity index (χ1) is 20.9. The molecule has 1 aromatic rings. The Morgan fingerprint density at radius 1 is 1.07 bits per heavy atom. The Morgan fingerprint density at radius 3 is 2.43 bits per heavy atom. The van der Waals surface area contributed by atoms with Gasteiger partial charge in [-0.3, -0.25) is 14.4 Å². The van der Waals surface area contributed by atoms with E-state index < -0.39 is 53.2 Å². The van der Waals surface area contributed by atoms with Gasteiger partial charge in [0, 0.05) is 12.3 Å². The minimum atomic E-state index is -1.44. The molecular formula is C33H43N3O8. The molecule has 3 amide bonds. The van der Waals surface area contributed by atoms with Crippen LogP contribution in [0.1, 0.15) is 76.8 Å². The summed E-state index contributed by atoms with van der Waals surface area (Å²) in [4.78, 5) is 67.4. The summed E-state index contributed by atoms with van der Waals surface area (Å²) in [6.45, 7) is 5.14. The van der Waals surface area contributed by atoms with E-state index in [1.54, 1.807) is 20.8 Å². The van der Waals surface area contributed by atoms with E-state index in [1.807, 2.05) is 36.4 Å². The highest BCUT2D eigenvalue weighted by Gasteiger charge is 2.61. The number of carbonyl (C=O) groups is 5. The molecule has 0 unspecified atom stereocenters. The van der Waals surface area contributed by atoms with Crippen molar-refractivity contribution >= 4 is 29.8 Å². The van der Waals surface area contributed by atoms with Crippen LogP contribution >= 0.6 is 0 Å². The molecule has 238 valence electrons. The van der Waals surface area contributed by atoms with Gasteiger partial charge in [0.05, 0.1) is 12.5 Å². The molecule has 0 bridgehead atoms. The quantitative estimate of drug-likeness (QED) is 0.348. The fourth-order valence-electron chi connectivity index (χ4n) is 6.58. The molecule has 5 rings (SSSR count). The maximum atomic E-state index is 14.1. The highest BCUT2D eigenvalue weighted by atomic mass is 16.6. The number of carboxylic acid groups (broad SMARTS) is 1. The molecule has 2 heterocycles. The molecule has 11 nitrogen and oxygen atoms in total. The monoisotopic (exact) mass is 609 g/mol. The average Bonchev–Trinajstić information content (AvgIpc) is 3.27. The third-order valence-corrected chi connectivity index (χ3v) is 8.98. The van der Waals surface area contributed by atoms with Crippen molar-refractivity contribution in [3.63, 3.8) is 0 Å². The maximum absolute atomic E-state index is 14.1. The molecule has 0 aromatic heterocycles. The summed E-state index contributed by atoms with van der Waals surface area (Å²) in [5.41, 5.74) is -0.0149. The Kier molecular flexibility index (Phi) is 9.04. The average molecular weight is 610 g/mol. The predicted octanol–water partition coefficient (Wildman–Crippen LogP) is 3.29. The van der Waals surface area contributed by atoms with Crippen molar-refractivity contribution in [2.75, 3.05) is 6.54 Å². The number of benzene rings is 1. The number of carboxylic acids is 1. The Morgan fingerprint density at radius 2 is 1.77 bits per heavy atom. The molecule has 0 spiro atoms. The number of alkyl carbamates (subject to hydrolysis) is 1. The number of hydrogen-bond acceptors (Lipinski definition) is 7. The fraction of sp³-hybridized carbons (Fsp3) is 0.606. The smallest absolute Gasteiger partial charge is 0.408 e. The van der Waals surface area contributed by atoms with E-state index >= 15 is 0 Å². The molecule has 1 aromatic carbocycles. The number of esters is 1. The van der Waals surface area contributed by atoms with E-state index in [0.29, 0.717) is 25.7 Å². The van der Waals surface area contributed by atoms with Gasteiger partial charge < -0.3 is 30.1 Å². The largest absolute Gasteiger partial charge is 0.479 e. The number of amides is 3. The molecule has 1 saturated carbocycles. The highest BCUT2D eigenvalue weighted by Crippen LogP contribution is 2.45. The lowest BCUT2D eigenvalue weighted by atomic mass is 10.0. The number of rotatable bonds is 4. The van der Waals surface area contributed by atoms with E-state index in [-0.39, 0.29) is 37.2 Å². The Labute approximate surface area is 257 Å². The van der Waals surface area contributed by atoms with Gasteiger partial charge in [-0.05, 0) is 70.4 Å². The zero-order valence-electron chi connectivity index (χ0n) is 25.7. The SMILES string of the molecule is CC(C)(C)OC(=O)N[C@H]1CCCCCC=C[C@@H]2C[C@@]2(C(=O)O)NC(=O)[C@@H]2C[C@@H](OC(=O)C3Cc4ccccc4C3)CN2C1=O. The Balaban J connectivity index is 1.37. The van der Waals surface area contributed by atoms with Crippen molar-refractivity contribution in [3.05, 3.63) is 47.5 Å². The number of carbonyl (C=O) groups excluding carboxylic acids is 4. The van der Waals surface area contributed by atoms with Crippen molar-refractivity contribution in [1.82, 2.24) is 15.5 Å². The van der Waals surface area contributed by atoms with Gasteiger partial charge in [0.15, 0.2) is 0 Å². The first-order valence-electron chi connectivity index (χ1n) is 15.7. The predicted molar refractivity (Wildman–Crippen MR) is 159 cm³/mol. The van der Waals surface area contributed by atoms with Crippen molar-refractivity contribution in [1.29, 1.82) is 0 Å². The lowest BCUT2D eigenvalue weighted by Crippen LogP contribution is -2.56. The zero-order chi connectivity index (χ0) is 31.6. The van der Waals surface area contributed by atoms with E-state index in [1.165, 1.54) is 4.90 Å². The summed E-state index contributed by atoms with van der Waals surface area (Å²) in [6.07, 6.45) is 7.05. The van der Waals surface area contributed by atoms with Gasteiger partial charge in [0.2, 0.25) is 11.8 Å². The van der Waals surface area contributed by atoms with Crippen LogP contribution in [0.25, 0.3) is 0 Å². The standard InChI is InChI=1S/C33H43N3O8/c1-32(2,3)44-31(42)34-25-14-8-6-4-5-7-13-23-18-33(23,30(40)41)35-27(37)26-17-24(19-36(26)28(25)38)43-29(39)22-15-20-11-9-10-12-21(20)16-22/h7,9-13,22-26H,4-6,8,14-19H2,1-3H3,(H,34,42)(H,35,37)(H,40,41)/t23-,24-,25+,26+,33-/m1/s1. The van der Waals surface area contributed by atoms with E-state index in [2.05, 4.69) is 10.6 Å². The maximum Gasteiger partial charge on any atom is 0.408 e. The number of allylic oxidation sites excluding steroid dienone is 1. The number of ether oxygens (including phenoxy) is 2. The summed E-state index contributed by atoms with van der Waals surface area (Å²) in [6, 6.07) is 5.82. The summed E-state index contributed by atoms with van der Waals surface area (Å²) < 4.78 is 11.3. The van der Waals surface area contributed by atoms with Gasteiger partial charge in [-0.25, -0.2) is 9.59 Å². The molecule has 11 heteroatoms.